The van der Waals surface area contributed by atoms with Gasteiger partial charge < -0.3 is 0 Å². The van der Waals surface area contributed by atoms with E-state index in [2.05, 4.69) is 42.2 Å². The first-order chi connectivity index (χ1) is 9.36. The maximum atomic E-state index is 9.18. The Kier molecular flexibility index (Phi) is 5.42. The van der Waals surface area contributed by atoms with Gasteiger partial charge in [0.15, 0.2) is 0 Å². The van der Waals surface area contributed by atoms with Gasteiger partial charge in [-0.05, 0) is 31.4 Å². The van der Waals surface area contributed by atoms with Crippen LogP contribution in [0.2, 0.25) is 0 Å². The molecule has 1 heterocycles. The summed E-state index contributed by atoms with van der Waals surface area (Å²) in [6.45, 7) is 3.41. The van der Waals surface area contributed by atoms with Crippen LogP contribution in [0.15, 0.2) is 30.3 Å². The molecule has 2 unspecified atom stereocenters. The molecule has 0 radical (unpaired) electrons. The molecule has 2 atom stereocenters. The van der Waals surface area contributed by atoms with Crippen LogP contribution in [0.5, 0.6) is 0 Å². The fourth-order valence-corrected chi connectivity index (χ4v) is 3.24. The van der Waals surface area contributed by atoms with Crippen LogP contribution in [0.3, 0.4) is 0 Å². The Bertz CT molecular complexity index is 407. The summed E-state index contributed by atoms with van der Waals surface area (Å²) in [5.41, 5.74) is 1.30. The summed E-state index contributed by atoms with van der Waals surface area (Å²) in [7, 11) is 0. The number of hydrogen-bond donors (Lipinski definition) is 0. The van der Waals surface area contributed by atoms with Crippen LogP contribution in [0.4, 0.5) is 0 Å². The van der Waals surface area contributed by atoms with E-state index in [4.69, 9.17) is 0 Å². The van der Waals surface area contributed by atoms with Crippen LogP contribution in [-0.4, -0.2) is 17.5 Å². The van der Waals surface area contributed by atoms with E-state index < -0.39 is 0 Å². The van der Waals surface area contributed by atoms with Gasteiger partial charge in [-0.1, -0.05) is 50.1 Å². The first kappa shape index (κ1) is 14.1. The molecule has 0 bridgehead atoms. The molecule has 1 aliphatic rings. The smallest absolute Gasteiger partial charge is 0.0641 e. The maximum Gasteiger partial charge on any atom is 0.0641 e. The summed E-state index contributed by atoms with van der Waals surface area (Å²) < 4.78 is 0. The zero-order chi connectivity index (χ0) is 13.5. The van der Waals surface area contributed by atoms with Crippen molar-refractivity contribution < 1.29 is 0 Å². The average molecular weight is 256 g/mol. The van der Waals surface area contributed by atoms with E-state index in [-0.39, 0.29) is 6.04 Å². The number of rotatable bonds is 4. The van der Waals surface area contributed by atoms with E-state index in [0.29, 0.717) is 12.5 Å². The molecule has 0 aliphatic carbocycles. The molecule has 0 amide bonds. The highest BCUT2D eigenvalue weighted by Crippen LogP contribution is 2.31. The van der Waals surface area contributed by atoms with E-state index in [0.717, 1.165) is 6.54 Å². The monoisotopic (exact) mass is 256 g/mol. The molecule has 1 aliphatic heterocycles. The highest BCUT2D eigenvalue weighted by Gasteiger charge is 2.27. The zero-order valence-electron chi connectivity index (χ0n) is 11.9. The molecule has 1 aromatic carbocycles. The summed E-state index contributed by atoms with van der Waals surface area (Å²) in [5, 5.41) is 9.18. The average Bonchev–Trinajstić information content (AvgIpc) is 2.70. The molecule has 0 saturated carbocycles. The molecule has 2 heteroatoms. The van der Waals surface area contributed by atoms with Crippen molar-refractivity contribution in [1.82, 2.24) is 4.90 Å². The first-order valence-electron chi connectivity index (χ1n) is 7.54. The van der Waals surface area contributed by atoms with Gasteiger partial charge in [-0.15, -0.1) is 0 Å². The molecular formula is C17H24N2. The van der Waals surface area contributed by atoms with E-state index in [1.807, 2.05) is 6.07 Å². The van der Waals surface area contributed by atoms with E-state index in [1.165, 1.54) is 37.7 Å². The lowest BCUT2D eigenvalue weighted by molar-refractivity contribution is 0.134. The highest BCUT2D eigenvalue weighted by molar-refractivity contribution is 5.20. The molecular weight excluding hydrogens is 232 g/mol. The van der Waals surface area contributed by atoms with Gasteiger partial charge in [-0.2, -0.15) is 5.26 Å². The quantitative estimate of drug-likeness (QED) is 0.803. The van der Waals surface area contributed by atoms with Crippen LogP contribution < -0.4 is 0 Å². The van der Waals surface area contributed by atoms with Crippen molar-refractivity contribution in [2.45, 2.75) is 57.5 Å². The Labute approximate surface area is 117 Å². The first-order valence-corrected chi connectivity index (χ1v) is 7.54. The maximum absolute atomic E-state index is 9.18. The number of hydrogen-bond acceptors (Lipinski definition) is 2. The van der Waals surface area contributed by atoms with Crippen LogP contribution in [0.25, 0.3) is 0 Å². The van der Waals surface area contributed by atoms with Gasteiger partial charge in [0, 0.05) is 12.1 Å². The van der Waals surface area contributed by atoms with E-state index in [9.17, 15) is 5.26 Å². The minimum absolute atomic E-state index is 0.272. The van der Waals surface area contributed by atoms with Gasteiger partial charge in [0.1, 0.15) is 0 Å². The Morgan fingerprint density at radius 1 is 1.26 bits per heavy atom. The van der Waals surface area contributed by atoms with Crippen molar-refractivity contribution in [3.63, 3.8) is 0 Å². The topological polar surface area (TPSA) is 27.0 Å². The molecule has 1 fully saturated rings. The molecule has 1 saturated heterocycles. The highest BCUT2D eigenvalue weighted by atomic mass is 15.2. The second kappa shape index (κ2) is 7.31. The van der Waals surface area contributed by atoms with Crippen LogP contribution in [0, 0.1) is 11.3 Å². The third-order valence-corrected chi connectivity index (χ3v) is 4.26. The summed E-state index contributed by atoms with van der Waals surface area (Å²) >= 11 is 0. The number of nitrogens with zero attached hydrogens (tertiary/aromatic N) is 2. The predicted octanol–water partition coefficient (Wildman–Crippen LogP) is 4.30. The van der Waals surface area contributed by atoms with Gasteiger partial charge in [-0.25, -0.2) is 0 Å². The Hall–Kier alpha value is -1.33. The zero-order valence-corrected chi connectivity index (χ0v) is 11.9. The normalized spacial score (nSPS) is 22.4. The van der Waals surface area contributed by atoms with Gasteiger partial charge in [0.25, 0.3) is 0 Å². The van der Waals surface area contributed by atoms with E-state index >= 15 is 0 Å². The van der Waals surface area contributed by atoms with Crippen molar-refractivity contribution in [3.8, 4) is 6.07 Å². The SMILES string of the molecule is CCC1CCCCCN1C(CC#N)c1ccccc1. The summed E-state index contributed by atoms with van der Waals surface area (Å²) in [6.07, 6.45) is 7.01. The third kappa shape index (κ3) is 3.58. The van der Waals surface area contributed by atoms with Gasteiger partial charge in [-0.3, -0.25) is 4.90 Å². The molecule has 2 nitrogen and oxygen atoms in total. The Morgan fingerprint density at radius 3 is 2.74 bits per heavy atom. The number of likely N-dealkylation sites (tertiary alicyclic amines) is 1. The molecule has 0 N–H and O–H groups in total. The standard InChI is InChI=1S/C17H24N2/c1-2-16-11-7-4-8-14-19(16)17(12-13-18)15-9-5-3-6-10-15/h3,5-6,9-10,16-17H,2,4,7-8,11-12,14H2,1H3. The van der Waals surface area contributed by atoms with Crippen molar-refractivity contribution in [2.24, 2.45) is 0 Å². The summed E-state index contributed by atoms with van der Waals surface area (Å²) in [4.78, 5) is 2.59. The number of nitriles is 1. The van der Waals surface area contributed by atoms with Crippen LogP contribution >= 0.6 is 0 Å². The molecule has 0 aromatic heterocycles. The van der Waals surface area contributed by atoms with Gasteiger partial charge in [0.2, 0.25) is 0 Å². The number of benzene rings is 1. The molecule has 0 spiro atoms. The molecule has 1 aromatic rings. The third-order valence-electron chi connectivity index (χ3n) is 4.26. The van der Waals surface area contributed by atoms with Gasteiger partial charge in [0.05, 0.1) is 12.5 Å². The second-order valence-corrected chi connectivity index (χ2v) is 5.44. The second-order valence-electron chi connectivity index (χ2n) is 5.44. The molecule has 19 heavy (non-hydrogen) atoms. The van der Waals surface area contributed by atoms with Crippen molar-refractivity contribution in [2.75, 3.05) is 6.54 Å². The van der Waals surface area contributed by atoms with Gasteiger partial charge >= 0.3 is 0 Å². The van der Waals surface area contributed by atoms with Crippen LogP contribution in [-0.2, 0) is 0 Å². The Balaban J connectivity index is 2.23. The minimum Gasteiger partial charge on any atom is -0.292 e. The minimum atomic E-state index is 0.272. The fourth-order valence-electron chi connectivity index (χ4n) is 3.24. The Morgan fingerprint density at radius 2 is 2.05 bits per heavy atom. The fraction of sp³-hybridized carbons (Fsp3) is 0.588. The lowest BCUT2D eigenvalue weighted by Gasteiger charge is -2.36. The summed E-state index contributed by atoms with van der Waals surface area (Å²) in [5.74, 6) is 0. The van der Waals surface area contributed by atoms with Crippen molar-refractivity contribution in [3.05, 3.63) is 35.9 Å². The molecule has 2 rings (SSSR count). The molecule has 102 valence electrons. The van der Waals surface area contributed by atoms with Crippen molar-refractivity contribution in [1.29, 1.82) is 5.26 Å². The van der Waals surface area contributed by atoms with E-state index in [1.54, 1.807) is 0 Å². The lowest BCUT2D eigenvalue weighted by atomic mass is 9.98. The summed E-state index contributed by atoms with van der Waals surface area (Å²) in [6, 6.07) is 13.8. The van der Waals surface area contributed by atoms with Crippen molar-refractivity contribution >= 4 is 0 Å². The largest absolute Gasteiger partial charge is 0.292 e. The predicted molar refractivity (Wildman–Crippen MR) is 78.7 cm³/mol. The lowest BCUT2D eigenvalue weighted by Crippen LogP contribution is -2.37. The van der Waals surface area contributed by atoms with Crippen LogP contribution in [0.1, 0.15) is 57.1 Å².